The minimum Gasteiger partial charge on any atom is -1.00 e. The second-order valence-electron chi connectivity index (χ2n) is 4.30. The number of halogens is 1. The second kappa shape index (κ2) is 7.68. The van der Waals surface area contributed by atoms with E-state index in [1.807, 2.05) is 0 Å². The van der Waals surface area contributed by atoms with Gasteiger partial charge in [0.15, 0.2) is 0 Å². The number of esters is 1. The number of carbonyl (C=O) groups is 1. The van der Waals surface area contributed by atoms with Crippen molar-refractivity contribution >= 4 is 5.97 Å². The lowest BCUT2D eigenvalue weighted by Gasteiger charge is -2.22. The van der Waals surface area contributed by atoms with Crippen molar-refractivity contribution in [2.45, 2.75) is 13.3 Å². The van der Waals surface area contributed by atoms with E-state index in [2.05, 4.69) is 25.9 Å². The molecule has 4 nitrogen and oxygen atoms in total. The van der Waals surface area contributed by atoms with Crippen molar-refractivity contribution in [2.75, 3.05) is 34.3 Å². The summed E-state index contributed by atoms with van der Waals surface area (Å²) >= 11 is 0. The minimum atomic E-state index is -0.199. The number of hydrogen-bond acceptors (Lipinski definition) is 3. The molecule has 1 aliphatic heterocycles. The zero-order valence-corrected chi connectivity index (χ0v) is 10.5. The molecule has 0 unspecified atom stereocenters. The number of rotatable bonds is 3. The molecule has 0 aromatic rings. The van der Waals surface area contributed by atoms with Crippen LogP contribution in [0.5, 0.6) is 0 Å². The Bertz CT molecular complexity index is 221. The van der Waals surface area contributed by atoms with E-state index in [0.29, 0.717) is 12.2 Å². The van der Waals surface area contributed by atoms with Crippen LogP contribution in [0, 0.1) is 0 Å². The quantitative estimate of drug-likeness (QED) is 0.437. The summed E-state index contributed by atoms with van der Waals surface area (Å²) in [4.78, 5) is 9.94. The molecule has 0 fully saturated rings. The Hall–Kier alpha value is -0.580. The van der Waals surface area contributed by atoms with E-state index in [1.165, 1.54) is 6.26 Å². The molecule has 1 N–H and O–H groups in total. The Kier molecular flexibility index (Phi) is 8.62. The fraction of sp³-hybridized carbons (Fsp3) is 0.700. The third-order valence-corrected chi connectivity index (χ3v) is 1.65. The van der Waals surface area contributed by atoms with Crippen molar-refractivity contribution in [3.05, 3.63) is 11.8 Å². The van der Waals surface area contributed by atoms with Crippen LogP contribution in [0.4, 0.5) is 0 Å². The Morgan fingerprint density at radius 2 is 1.87 bits per heavy atom. The van der Waals surface area contributed by atoms with Crippen LogP contribution in [0.25, 0.3) is 0 Å². The van der Waals surface area contributed by atoms with E-state index in [9.17, 15) is 4.79 Å². The molecule has 90 valence electrons. The van der Waals surface area contributed by atoms with E-state index in [1.54, 1.807) is 6.92 Å². The average Bonchev–Trinajstić information content (AvgIpc) is 2.11. The molecule has 0 radical (unpaired) electrons. The van der Waals surface area contributed by atoms with Crippen LogP contribution in [0.2, 0.25) is 0 Å². The Labute approximate surface area is 97.5 Å². The molecule has 0 amide bonds. The van der Waals surface area contributed by atoms with Gasteiger partial charge >= 0.3 is 5.97 Å². The molecular weight excluding hydrogens is 218 g/mol. The molecule has 1 rings (SSSR count). The molecule has 1 aliphatic rings. The maximum atomic E-state index is 9.94. The van der Waals surface area contributed by atoms with Crippen molar-refractivity contribution < 1.29 is 31.5 Å². The van der Waals surface area contributed by atoms with Gasteiger partial charge < -0.3 is 26.7 Å². The van der Waals surface area contributed by atoms with Gasteiger partial charge in [-0.05, 0) is 6.92 Å². The van der Waals surface area contributed by atoms with Gasteiger partial charge in [0.25, 0.3) is 0 Å². The molecule has 0 spiro atoms. The van der Waals surface area contributed by atoms with Gasteiger partial charge in [-0.2, -0.15) is 0 Å². The standard InChI is InChI=1S/C6H16NO.C4H4O2.ClH/c1-7(2,3)5-4-6-8;1-3-2-6-4(3)5;/h8H,4-6H2,1-3H3;2H,1H3;1H/q+1;;/p-1. The maximum Gasteiger partial charge on any atom is 0.341 e. The van der Waals surface area contributed by atoms with Gasteiger partial charge in [0.2, 0.25) is 0 Å². The molecule has 0 aliphatic carbocycles. The first-order valence-corrected chi connectivity index (χ1v) is 4.66. The highest BCUT2D eigenvalue weighted by Gasteiger charge is 2.12. The summed E-state index contributed by atoms with van der Waals surface area (Å²) in [5.41, 5.74) is 0.704. The molecule has 0 aromatic carbocycles. The highest BCUT2D eigenvalue weighted by molar-refractivity contribution is 5.92. The fourth-order valence-electron chi connectivity index (χ4n) is 0.770. The van der Waals surface area contributed by atoms with Crippen LogP contribution in [0.3, 0.4) is 0 Å². The third-order valence-electron chi connectivity index (χ3n) is 1.65. The van der Waals surface area contributed by atoms with E-state index < -0.39 is 0 Å². The predicted molar refractivity (Wildman–Crippen MR) is 54.5 cm³/mol. The van der Waals surface area contributed by atoms with Crippen molar-refractivity contribution in [1.29, 1.82) is 0 Å². The summed E-state index contributed by atoms with van der Waals surface area (Å²) in [7, 11) is 6.36. The molecule has 0 saturated carbocycles. The zero-order chi connectivity index (χ0) is 11.2. The average molecular weight is 238 g/mol. The smallest absolute Gasteiger partial charge is 0.341 e. The van der Waals surface area contributed by atoms with Crippen LogP contribution in [0.1, 0.15) is 13.3 Å². The topological polar surface area (TPSA) is 46.5 Å². The van der Waals surface area contributed by atoms with Gasteiger partial charge in [0.05, 0.1) is 33.3 Å². The summed E-state index contributed by atoms with van der Waals surface area (Å²) in [6.45, 7) is 3.08. The number of nitrogens with zero attached hydrogens (tertiary/aromatic N) is 1. The van der Waals surface area contributed by atoms with Crippen molar-refractivity contribution in [1.82, 2.24) is 0 Å². The maximum absolute atomic E-state index is 9.94. The van der Waals surface area contributed by atoms with Gasteiger partial charge in [-0.3, -0.25) is 0 Å². The Morgan fingerprint density at radius 1 is 1.40 bits per heavy atom. The number of carbonyl (C=O) groups excluding carboxylic acids is 1. The van der Waals surface area contributed by atoms with Gasteiger partial charge in [0, 0.05) is 13.0 Å². The van der Waals surface area contributed by atoms with Crippen molar-refractivity contribution in [3.63, 3.8) is 0 Å². The van der Waals surface area contributed by atoms with Gasteiger partial charge in [-0.1, -0.05) is 0 Å². The lowest BCUT2D eigenvalue weighted by molar-refractivity contribution is -0.870. The summed E-state index contributed by atoms with van der Waals surface area (Å²) < 4.78 is 5.19. The first-order chi connectivity index (χ1) is 6.37. The number of hydrogen-bond donors (Lipinski definition) is 1. The zero-order valence-electron chi connectivity index (χ0n) is 9.79. The number of cyclic esters (lactones) is 1. The highest BCUT2D eigenvalue weighted by atomic mass is 35.5. The van der Waals surface area contributed by atoms with Crippen molar-refractivity contribution in [3.8, 4) is 0 Å². The molecule has 0 atom stereocenters. The molecule has 15 heavy (non-hydrogen) atoms. The fourth-order valence-corrected chi connectivity index (χ4v) is 0.770. The predicted octanol–water partition coefficient (Wildman–Crippen LogP) is -2.47. The molecule has 1 heterocycles. The SMILES string of the molecule is CC1=COC1=O.C[N+](C)(C)CCCO.[Cl-]. The van der Waals surface area contributed by atoms with Crippen LogP contribution < -0.4 is 12.4 Å². The second-order valence-corrected chi connectivity index (χ2v) is 4.30. The van der Waals surface area contributed by atoms with Gasteiger partial charge in [0.1, 0.15) is 6.26 Å². The van der Waals surface area contributed by atoms with Gasteiger partial charge in [-0.15, -0.1) is 0 Å². The number of quaternary nitrogens is 1. The third kappa shape index (κ3) is 9.72. The molecule has 0 saturated heterocycles. The highest BCUT2D eigenvalue weighted by Crippen LogP contribution is 2.06. The number of ether oxygens (including phenoxy) is 1. The van der Waals surface area contributed by atoms with E-state index in [-0.39, 0.29) is 18.4 Å². The largest absolute Gasteiger partial charge is 1.00 e. The lowest BCUT2D eigenvalue weighted by Crippen LogP contribution is -3.00. The molecule has 0 aromatic heterocycles. The summed E-state index contributed by atoms with van der Waals surface area (Å²) in [6.07, 6.45) is 2.34. The number of aliphatic hydroxyl groups excluding tert-OH is 1. The Balaban J connectivity index is 0. The molecular formula is C10H20ClNO3. The van der Waals surface area contributed by atoms with Crippen molar-refractivity contribution in [2.24, 2.45) is 0 Å². The van der Waals surface area contributed by atoms with E-state index in [4.69, 9.17) is 5.11 Å². The number of aliphatic hydroxyl groups is 1. The van der Waals surface area contributed by atoms with Crippen LogP contribution in [0.15, 0.2) is 11.8 Å². The first kappa shape index (κ1) is 16.8. The lowest BCUT2D eigenvalue weighted by atomic mass is 10.3. The molecule has 5 heteroatoms. The normalized spacial score (nSPS) is 13.7. The first-order valence-electron chi connectivity index (χ1n) is 4.66. The monoisotopic (exact) mass is 237 g/mol. The summed E-state index contributed by atoms with van der Waals surface area (Å²) in [5, 5.41) is 8.42. The van der Waals surface area contributed by atoms with E-state index >= 15 is 0 Å². The van der Waals surface area contributed by atoms with E-state index in [0.717, 1.165) is 17.4 Å². The Morgan fingerprint density at radius 3 is 1.93 bits per heavy atom. The van der Waals surface area contributed by atoms with Gasteiger partial charge in [-0.25, -0.2) is 4.79 Å². The summed E-state index contributed by atoms with van der Waals surface area (Å²) in [5.74, 6) is -0.199. The van der Waals surface area contributed by atoms with Crippen LogP contribution >= 0.6 is 0 Å². The molecule has 0 bridgehead atoms. The minimum absolute atomic E-state index is 0. The van der Waals surface area contributed by atoms with Crippen LogP contribution in [-0.2, 0) is 9.53 Å². The van der Waals surface area contributed by atoms with Crippen LogP contribution in [-0.4, -0.2) is 49.9 Å². The summed E-state index contributed by atoms with van der Waals surface area (Å²) in [6, 6.07) is 0.